The second-order valence-corrected chi connectivity index (χ2v) is 7.12. The molecule has 0 saturated carbocycles. The van der Waals surface area contributed by atoms with Crippen molar-refractivity contribution in [1.82, 2.24) is 14.6 Å². The maximum Gasteiger partial charge on any atom is 0.433 e. The molecule has 0 aliphatic carbocycles. The van der Waals surface area contributed by atoms with Crippen LogP contribution in [0.5, 0.6) is 11.5 Å². The molecule has 0 radical (unpaired) electrons. The first kappa shape index (κ1) is 23.5. The lowest BCUT2D eigenvalue weighted by molar-refractivity contribution is -0.383. The molecule has 4 rings (SSSR count). The molecule has 2 aromatic carbocycles. The van der Waals surface area contributed by atoms with Crippen molar-refractivity contribution in [3.8, 4) is 22.8 Å². The van der Waals surface area contributed by atoms with E-state index < -0.39 is 22.7 Å². The Morgan fingerprint density at radius 2 is 1.80 bits per heavy atom. The van der Waals surface area contributed by atoms with Gasteiger partial charge in [-0.1, -0.05) is 12.1 Å². The zero-order valence-corrected chi connectivity index (χ0v) is 18.2. The Hall–Kier alpha value is -4.68. The van der Waals surface area contributed by atoms with Gasteiger partial charge in [0.2, 0.25) is 0 Å². The van der Waals surface area contributed by atoms with Crippen molar-refractivity contribution in [1.29, 1.82) is 0 Å². The molecule has 1 amide bonds. The number of alkyl halides is 3. The minimum Gasteiger partial charge on any atom is -0.493 e. The summed E-state index contributed by atoms with van der Waals surface area (Å²) in [5.74, 6) is -0.287. The molecule has 2 aromatic heterocycles. The van der Waals surface area contributed by atoms with Crippen molar-refractivity contribution in [2.45, 2.75) is 6.18 Å². The number of anilines is 1. The number of nitro benzene ring substituents is 1. The summed E-state index contributed by atoms with van der Waals surface area (Å²) in [5, 5.41) is 17.3. The maximum absolute atomic E-state index is 13.9. The van der Waals surface area contributed by atoms with Crippen LogP contribution in [0.4, 0.5) is 24.5 Å². The summed E-state index contributed by atoms with van der Waals surface area (Å²) in [6, 6.07) is 10.6. The number of aromatic nitrogens is 3. The van der Waals surface area contributed by atoms with Gasteiger partial charge in [0, 0.05) is 11.6 Å². The fourth-order valence-electron chi connectivity index (χ4n) is 3.40. The molecule has 0 fully saturated rings. The highest BCUT2D eigenvalue weighted by atomic mass is 19.4. The number of nitrogens with zero attached hydrogens (tertiary/aromatic N) is 4. The van der Waals surface area contributed by atoms with E-state index >= 15 is 0 Å². The first-order chi connectivity index (χ1) is 16.6. The van der Waals surface area contributed by atoms with Crippen LogP contribution >= 0.6 is 0 Å². The lowest BCUT2D eigenvalue weighted by Crippen LogP contribution is -2.16. The number of methoxy groups -OCH3 is 2. The van der Waals surface area contributed by atoms with Crippen molar-refractivity contribution in [3.63, 3.8) is 0 Å². The zero-order valence-electron chi connectivity index (χ0n) is 18.2. The Balaban J connectivity index is 1.86. The van der Waals surface area contributed by atoms with Gasteiger partial charge in [0.05, 0.1) is 31.0 Å². The number of nitro groups is 1. The molecule has 2 heterocycles. The van der Waals surface area contributed by atoms with Crippen LogP contribution in [-0.4, -0.2) is 39.6 Å². The van der Waals surface area contributed by atoms with E-state index in [0.717, 1.165) is 12.3 Å². The van der Waals surface area contributed by atoms with E-state index in [9.17, 15) is 28.1 Å². The van der Waals surface area contributed by atoms with Crippen LogP contribution in [-0.2, 0) is 6.18 Å². The summed E-state index contributed by atoms with van der Waals surface area (Å²) in [5.41, 5.74) is -2.22. The van der Waals surface area contributed by atoms with E-state index in [1.807, 2.05) is 0 Å². The molecule has 0 atom stereocenters. The third-order valence-electron chi connectivity index (χ3n) is 5.04. The van der Waals surface area contributed by atoms with Gasteiger partial charge in [0.15, 0.2) is 22.8 Å². The maximum atomic E-state index is 13.9. The van der Waals surface area contributed by atoms with Gasteiger partial charge < -0.3 is 14.8 Å². The normalized spacial score (nSPS) is 11.3. The summed E-state index contributed by atoms with van der Waals surface area (Å²) >= 11 is 0. The Labute approximate surface area is 195 Å². The Morgan fingerprint density at radius 3 is 2.46 bits per heavy atom. The highest BCUT2D eigenvalue weighted by Gasteiger charge is 2.36. The number of carbonyl (C=O) groups is 1. The van der Waals surface area contributed by atoms with Gasteiger partial charge >= 0.3 is 6.18 Å². The zero-order chi connectivity index (χ0) is 25.3. The third kappa shape index (κ3) is 4.43. The summed E-state index contributed by atoms with van der Waals surface area (Å²) in [6.45, 7) is 0. The van der Waals surface area contributed by atoms with Gasteiger partial charge in [-0.25, -0.2) is 9.50 Å². The first-order valence-electron chi connectivity index (χ1n) is 9.87. The standard InChI is InChI=1S/C22H16F3N5O5/c1-34-17-8-7-12(9-18(17)35-2)15-10-19(22(23,24)25)29-20(27-15)13(11-26-29)21(31)28-14-5-3-4-6-16(14)30(32)33/h3-11H,1-2H3,(H,28,31). The summed E-state index contributed by atoms with van der Waals surface area (Å²) < 4.78 is 52.5. The van der Waals surface area contributed by atoms with Gasteiger partial charge in [-0.15, -0.1) is 0 Å². The molecular formula is C22H16F3N5O5. The molecule has 0 unspecified atom stereocenters. The van der Waals surface area contributed by atoms with Gasteiger partial charge in [0.1, 0.15) is 11.3 Å². The number of benzene rings is 2. The van der Waals surface area contributed by atoms with Crippen LogP contribution in [0.25, 0.3) is 16.9 Å². The number of fused-ring (bicyclic) bond motifs is 1. The van der Waals surface area contributed by atoms with Crippen LogP contribution in [0.15, 0.2) is 54.7 Å². The topological polar surface area (TPSA) is 121 Å². The quantitative estimate of drug-likeness (QED) is 0.312. The number of halogens is 3. The SMILES string of the molecule is COc1ccc(-c2cc(C(F)(F)F)n3ncc(C(=O)Nc4ccccc4[N+](=O)[O-])c3n2)cc1OC. The average molecular weight is 487 g/mol. The summed E-state index contributed by atoms with van der Waals surface area (Å²) in [4.78, 5) is 27.7. The predicted octanol–water partition coefficient (Wildman–Crippen LogP) is 4.59. The summed E-state index contributed by atoms with van der Waals surface area (Å²) in [7, 11) is 2.79. The molecule has 0 saturated heterocycles. The molecule has 180 valence electrons. The van der Waals surface area contributed by atoms with Crippen LogP contribution in [0.3, 0.4) is 0 Å². The number of nitrogens with one attached hydrogen (secondary N) is 1. The second kappa shape index (κ2) is 8.93. The number of hydrogen-bond donors (Lipinski definition) is 1. The molecule has 10 nitrogen and oxygen atoms in total. The second-order valence-electron chi connectivity index (χ2n) is 7.12. The monoisotopic (exact) mass is 487 g/mol. The molecule has 0 aliphatic heterocycles. The number of carbonyl (C=O) groups excluding carboxylic acids is 1. The molecule has 4 aromatic rings. The fourth-order valence-corrected chi connectivity index (χ4v) is 3.40. The molecule has 0 spiro atoms. The van der Waals surface area contributed by atoms with Gasteiger partial charge in [0.25, 0.3) is 11.6 Å². The molecular weight excluding hydrogens is 471 g/mol. The van der Waals surface area contributed by atoms with E-state index in [4.69, 9.17) is 9.47 Å². The number of hydrogen-bond acceptors (Lipinski definition) is 7. The van der Waals surface area contributed by atoms with Crippen molar-refractivity contribution in [3.05, 3.63) is 76.1 Å². The third-order valence-corrected chi connectivity index (χ3v) is 5.04. The van der Waals surface area contributed by atoms with Crippen LogP contribution in [0.1, 0.15) is 16.1 Å². The fraction of sp³-hybridized carbons (Fsp3) is 0.136. The van der Waals surface area contributed by atoms with E-state index in [0.29, 0.717) is 10.3 Å². The van der Waals surface area contributed by atoms with Crippen molar-refractivity contribution < 1.29 is 32.4 Å². The average Bonchev–Trinajstić information content (AvgIpc) is 3.26. The Bertz CT molecular complexity index is 1450. The first-order valence-corrected chi connectivity index (χ1v) is 9.87. The molecule has 0 bridgehead atoms. The van der Waals surface area contributed by atoms with Gasteiger partial charge in [-0.2, -0.15) is 18.3 Å². The molecule has 0 aliphatic rings. The smallest absolute Gasteiger partial charge is 0.433 e. The van der Waals surface area contributed by atoms with Gasteiger partial charge in [-0.3, -0.25) is 14.9 Å². The van der Waals surface area contributed by atoms with E-state index in [2.05, 4.69) is 15.4 Å². The van der Waals surface area contributed by atoms with Gasteiger partial charge in [-0.05, 0) is 30.3 Å². The lowest BCUT2D eigenvalue weighted by atomic mass is 10.1. The van der Waals surface area contributed by atoms with Crippen molar-refractivity contribution in [2.75, 3.05) is 19.5 Å². The van der Waals surface area contributed by atoms with E-state index in [-0.39, 0.29) is 39.6 Å². The number of amides is 1. The molecule has 13 heteroatoms. The minimum atomic E-state index is -4.83. The van der Waals surface area contributed by atoms with E-state index in [1.165, 1.54) is 56.7 Å². The number of ether oxygens (including phenoxy) is 2. The highest BCUT2D eigenvalue weighted by Crippen LogP contribution is 2.36. The van der Waals surface area contributed by atoms with Crippen molar-refractivity contribution in [2.24, 2.45) is 0 Å². The highest BCUT2D eigenvalue weighted by molar-refractivity contribution is 6.09. The van der Waals surface area contributed by atoms with Crippen LogP contribution in [0.2, 0.25) is 0 Å². The number of rotatable bonds is 6. The predicted molar refractivity (Wildman–Crippen MR) is 118 cm³/mol. The lowest BCUT2D eigenvalue weighted by Gasteiger charge is -2.13. The largest absolute Gasteiger partial charge is 0.493 e. The summed E-state index contributed by atoms with van der Waals surface area (Å²) in [6.07, 6.45) is -3.91. The van der Waals surface area contributed by atoms with Crippen LogP contribution in [0, 0.1) is 10.1 Å². The Kier molecular flexibility index (Phi) is 5.99. The Morgan fingerprint density at radius 1 is 1.09 bits per heavy atom. The number of para-hydroxylation sites is 2. The minimum absolute atomic E-state index is 0.106. The molecule has 1 N–H and O–H groups in total. The van der Waals surface area contributed by atoms with E-state index in [1.54, 1.807) is 0 Å². The molecule has 35 heavy (non-hydrogen) atoms. The van der Waals surface area contributed by atoms with Crippen molar-refractivity contribution >= 4 is 22.9 Å². The van der Waals surface area contributed by atoms with Crippen LogP contribution < -0.4 is 14.8 Å².